The number of halogens is 1. The van der Waals surface area contributed by atoms with Crippen molar-refractivity contribution >= 4 is 23.3 Å². The number of urea groups is 1. The van der Waals surface area contributed by atoms with Crippen LogP contribution in [0.3, 0.4) is 0 Å². The molecule has 1 aliphatic rings. The number of aliphatic hydroxyl groups excluding tert-OH is 1. The van der Waals surface area contributed by atoms with E-state index >= 15 is 0 Å². The number of nitrogens with one attached hydrogen (secondary N) is 1. The Labute approximate surface area is 162 Å². The normalized spacial score (nSPS) is 18.1. The van der Waals surface area contributed by atoms with Crippen LogP contribution in [-0.2, 0) is 0 Å². The van der Waals surface area contributed by atoms with Gasteiger partial charge >= 0.3 is 6.03 Å². The molecule has 2 aromatic carbocycles. The van der Waals surface area contributed by atoms with Crippen LogP contribution in [0.5, 0.6) is 11.5 Å². The Morgan fingerprint density at radius 3 is 2.63 bits per heavy atom. The number of carbonyl (C=O) groups is 1. The number of ether oxygens (including phenoxy) is 1. The van der Waals surface area contributed by atoms with Crippen molar-refractivity contribution in [3.8, 4) is 17.6 Å². The van der Waals surface area contributed by atoms with E-state index in [0.29, 0.717) is 40.2 Å². The minimum atomic E-state index is -0.229. The number of anilines is 1. The van der Waals surface area contributed by atoms with Crippen molar-refractivity contribution in [2.75, 3.05) is 18.9 Å². The minimum absolute atomic E-state index is 0.228. The average molecular weight is 386 g/mol. The third kappa shape index (κ3) is 4.91. The standard InChI is InChI=1S/C20H20ClN3O3/c1-24(12-14-8-16(25)9-14)20(26)23-15-4-7-19(18(21)10-15)27-17-5-2-13(11-22)3-6-17/h2-7,10,14,16,25H,8-9,12H2,1H3,(H,23,26). The topological polar surface area (TPSA) is 85.6 Å². The van der Waals surface area contributed by atoms with E-state index in [9.17, 15) is 9.90 Å². The zero-order valence-corrected chi connectivity index (χ0v) is 15.6. The molecule has 1 saturated carbocycles. The predicted octanol–water partition coefficient (Wildman–Crippen LogP) is 4.24. The number of hydrogen-bond donors (Lipinski definition) is 2. The van der Waals surface area contributed by atoms with Crippen molar-refractivity contribution in [2.45, 2.75) is 18.9 Å². The van der Waals surface area contributed by atoms with Crippen LogP contribution in [0, 0.1) is 17.2 Å². The molecule has 0 unspecified atom stereocenters. The van der Waals surface area contributed by atoms with E-state index in [0.717, 1.165) is 12.8 Å². The smallest absolute Gasteiger partial charge is 0.321 e. The Morgan fingerprint density at radius 1 is 1.33 bits per heavy atom. The number of aliphatic hydroxyl groups is 1. The van der Waals surface area contributed by atoms with Gasteiger partial charge < -0.3 is 20.1 Å². The molecule has 2 aromatic rings. The largest absolute Gasteiger partial charge is 0.456 e. The van der Waals surface area contributed by atoms with Gasteiger partial charge in [0, 0.05) is 19.3 Å². The number of rotatable bonds is 5. The number of amides is 2. The first-order valence-corrected chi connectivity index (χ1v) is 9.00. The average Bonchev–Trinajstić information content (AvgIpc) is 2.63. The zero-order chi connectivity index (χ0) is 19.4. The molecule has 2 N–H and O–H groups in total. The third-order valence-electron chi connectivity index (χ3n) is 4.48. The van der Waals surface area contributed by atoms with E-state index in [2.05, 4.69) is 5.32 Å². The van der Waals surface area contributed by atoms with Gasteiger partial charge in [-0.2, -0.15) is 5.26 Å². The van der Waals surface area contributed by atoms with E-state index in [1.165, 1.54) is 0 Å². The SMILES string of the molecule is CN(CC1CC(O)C1)C(=O)Nc1ccc(Oc2ccc(C#N)cc2)c(Cl)c1. The van der Waals surface area contributed by atoms with Gasteiger partial charge in [0.1, 0.15) is 11.5 Å². The Kier molecular flexibility index (Phi) is 5.84. The van der Waals surface area contributed by atoms with Gasteiger partial charge in [-0.1, -0.05) is 11.6 Å². The quantitative estimate of drug-likeness (QED) is 0.806. The highest BCUT2D eigenvalue weighted by molar-refractivity contribution is 6.32. The van der Waals surface area contributed by atoms with Crippen molar-refractivity contribution in [2.24, 2.45) is 5.92 Å². The van der Waals surface area contributed by atoms with Crippen LogP contribution in [0.25, 0.3) is 0 Å². The van der Waals surface area contributed by atoms with Crippen LogP contribution in [0.4, 0.5) is 10.5 Å². The van der Waals surface area contributed by atoms with Crippen molar-refractivity contribution in [1.29, 1.82) is 5.26 Å². The van der Waals surface area contributed by atoms with E-state index in [-0.39, 0.29) is 12.1 Å². The maximum Gasteiger partial charge on any atom is 0.321 e. The van der Waals surface area contributed by atoms with Gasteiger partial charge in [-0.15, -0.1) is 0 Å². The maximum atomic E-state index is 12.3. The van der Waals surface area contributed by atoms with Gasteiger partial charge in [-0.3, -0.25) is 0 Å². The van der Waals surface area contributed by atoms with Gasteiger partial charge in [-0.25, -0.2) is 4.79 Å². The summed E-state index contributed by atoms with van der Waals surface area (Å²) < 4.78 is 5.71. The van der Waals surface area contributed by atoms with Gasteiger partial charge in [0.05, 0.1) is 22.8 Å². The van der Waals surface area contributed by atoms with E-state index in [4.69, 9.17) is 21.6 Å². The van der Waals surface area contributed by atoms with Gasteiger partial charge in [-0.05, 0) is 61.2 Å². The summed E-state index contributed by atoms with van der Waals surface area (Å²) in [6.07, 6.45) is 1.25. The van der Waals surface area contributed by atoms with Crippen molar-refractivity contribution < 1.29 is 14.6 Å². The molecule has 0 heterocycles. The molecule has 1 fully saturated rings. The Bertz CT molecular complexity index is 858. The first kappa shape index (κ1) is 19.0. The Hall–Kier alpha value is -2.75. The summed E-state index contributed by atoms with van der Waals surface area (Å²) in [4.78, 5) is 13.9. The van der Waals surface area contributed by atoms with Gasteiger partial charge in [0.2, 0.25) is 0 Å². The first-order valence-electron chi connectivity index (χ1n) is 8.62. The number of carbonyl (C=O) groups excluding carboxylic acids is 1. The fraction of sp³-hybridized carbons (Fsp3) is 0.300. The first-order chi connectivity index (χ1) is 12.9. The van der Waals surface area contributed by atoms with Crippen molar-refractivity contribution in [3.63, 3.8) is 0 Å². The molecule has 2 amide bonds. The Morgan fingerprint density at radius 2 is 2.04 bits per heavy atom. The summed E-state index contributed by atoms with van der Waals surface area (Å²) >= 11 is 6.26. The number of nitriles is 1. The molecule has 7 heteroatoms. The summed E-state index contributed by atoms with van der Waals surface area (Å²) in [5.74, 6) is 1.37. The summed E-state index contributed by atoms with van der Waals surface area (Å²) in [6, 6.07) is 13.5. The minimum Gasteiger partial charge on any atom is -0.456 e. The molecule has 3 rings (SSSR count). The lowest BCUT2D eigenvalue weighted by molar-refractivity contribution is 0.0332. The molecular formula is C20H20ClN3O3. The molecule has 0 spiro atoms. The lowest BCUT2D eigenvalue weighted by Gasteiger charge is -2.34. The molecule has 1 aliphatic carbocycles. The fourth-order valence-electron chi connectivity index (χ4n) is 2.92. The molecule has 27 heavy (non-hydrogen) atoms. The molecule has 0 radical (unpaired) electrons. The lowest BCUT2D eigenvalue weighted by atomic mass is 9.82. The van der Waals surface area contributed by atoms with Crippen molar-refractivity contribution in [3.05, 3.63) is 53.1 Å². The summed E-state index contributed by atoms with van der Waals surface area (Å²) in [5, 5.41) is 21.3. The van der Waals surface area contributed by atoms with Crippen LogP contribution in [0.2, 0.25) is 5.02 Å². The molecule has 0 atom stereocenters. The third-order valence-corrected chi connectivity index (χ3v) is 4.78. The van der Waals surface area contributed by atoms with Crippen LogP contribution in [-0.4, -0.2) is 35.7 Å². The maximum absolute atomic E-state index is 12.3. The number of hydrogen-bond acceptors (Lipinski definition) is 4. The molecule has 0 aromatic heterocycles. The van der Waals surface area contributed by atoms with Gasteiger partial charge in [0.15, 0.2) is 0 Å². The second kappa shape index (κ2) is 8.30. The van der Waals surface area contributed by atoms with E-state index < -0.39 is 0 Å². The molecular weight excluding hydrogens is 366 g/mol. The molecule has 0 saturated heterocycles. The predicted molar refractivity (Wildman–Crippen MR) is 103 cm³/mol. The highest BCUT2D eigenvalue weighted by Crippen LogP contribution is 2.32. The number of benzene rings is 2. The van der Waals surface area contributed by atoms with Crippen LogP contribution in [0.15, 0.2) is 42.5 Å². The highest BCUT2D eigenvalue weighted by atomic mass is 35.5. The zero-order valence-electron chi connectivity index (χ0n) is 14.9. The lowest BCUT2D eigenvalue weighted by Crippen LogP contribution is -2.41. The molecule has 6 nitrogen and oxygen atoms in total. The summed E-state index contributed by atoms with van der Waals surface area (Å²) in [7, 11) is 1.73. The second-order valence-electron chi connectivity index (χ2n) is 6.69. The van der Waals surface area contributed by atoms with Gasteiger partial charge in [0.25, 0.3) is 0 Å². The second-order valence-corrected chi connectivity index (χ2v) is 7.09. The van der Waals surface area contributed by atoms with E-state index in [1.54, 1.807) is 54.4 Å². The number of nitrogens with zero attached hydrogens (tertiary/aromatic N) is 2. The monoisotopic (exact) mass is 385 g/mol. The summed E-state index contributed by atoms with van der Waals surface area (Å²) in [6.45, 7) is 0.608. The van der Waals surface area contributed by atoms with Crippen LogP contribution < -0.4 is 10.1 Å². The fourth-order valence-corrected chi connectivity index (χ4v) is 3.14. The highest BCUT2D eigenvalue weighted by Gasteiger charge is 2.29. The summed E-state index contributed by atoms with van der Waals surface area (Å²) in [5.41, 5.74) is 1.12. The molecule has 0 bridgehead atoms. The van der Waals surface area contributed by atoms with Crippen LogP contribution in [0.1, 0.15) is 18.4 Å². The van der Waals surface area contributed by atoms with Crippen LogP contribution >= 0.6 is 11.6 Å². The molecule has 0 aliphatic heterocycles. The van der Waals surface area contributed by atoms with Crippen molar-refractivity contribution in [1.82, 2.24) is 4.90 Å². The van der Waals surface area contributed by atoms with E-state index in [1.807, 2.05) is 6.07 Å². The molecule has 140 valence electrons. The Balaban J connectivity index is 1.58.